The molecule has 2 aliphatic carbocycles. The first-order valence-corrected chi connectivity index (χ1v) is 10.4. The van der Waals surface area contributed by atoms with E-state index >= 15 is 0 Å². The normalized spacial score (nSPS) is 27.5. The first-order chi connectivity index (χ1) is 13.5. The molecule has 0 amide bonds. The second-order valence-electron chi connectivity index (χ2n) is 8.61. The molecule has 0 nitrogen and oxygen atoms in total. The van der Waals surface area contributed by atoms with Crippen molar-refractivity contribution < 1.29 is 17.6 Å². The molecule has 4 unspecified atom stereocenters. The lowest BCUT2D eigenvalue weighted by molar-refractivity contribution is 0.116. The fourth-order valence-electron chi connectivity index (χ4n) is 5.42. The molecule has 150 valence electrons. The quantitative estimate of drug-likeness (QED) is 0.473. The molecular weight excluding hydrogens is 364 g/mol. The average molecular weight is 390 g/mol. The largest absolute Gasteiger partial charge is 0.206 e. The Hall–Kier alpha value is -1.84. The van der Waals surface area contributed by atoms with Gasteiger partial charge in [-0.2, -0.15) is 0 Å². The fraction of sp³-hybridized carbons (Fsp3) is 0.500. The number of rotatable bonds is 3. The lowest BCUT2D eigenvalue weighted by Crippen LogP contribution is -2.30. The molecule has 2 aliphatic rings. The molecule has 0 heterocycles. The summed E-state index contributed by atoms with van der Waals surface area (Å²) in [4.78, 5) is 0. The predicted molar refractivity (Wildman–Crippen MR) is 103 cm³/mol. The van der Waals surface area contributed by atoms with Crippen molar-refractivity contribution >= 4 is 0 Å². The Morgan fingerprint density at radius 2 is 1.43 bits per heavy atom. The molecule has 2 aromatic rings. The molecule has 2 saturated carbocycles. The smallest absolute Gasteiger partial charge is 0.159 e. The molecule has 0 spiro atoms. The van der Waals surface area contributed by atoms with Gasteiger partial charge in [-0.1, -0.05) is 25.8 Å². The molecule has 0 aromatic heterocycles. The highest BCUT2D eigenvalue weighted by atomic mass is 19.2. The van der Waals surface area contributed by atoms with Gasteiger partial charge in [0.15, 0.2) is 11.6 Å². The summed E-state index contributed by atoms with van der Waals surface area (Å²) in [6, 6.07) is 5.72. The number of hydrogen-bond donors (Lipinski definition) is 0. The van der Waals surface area contributed by atoms with Crippen molar-refractivity contribution in [3.05, 3.63) is 59.2 Å². The van der Waals surface area contributed by atoms with Crippen LogP contribution >= 0.6 is 0 Å². The third kappa shape index (κ3) is 3.70. The summed E-state index contributed by atoms with van der Waals surface area (Å²) in [5.41, 5.74) is 0.416. The molecule has 4 rings (SSSR count). The van der Waals surface area contributed by atoms with Crippen molar-refractivity contribution in [1.82, 2.24) is 0 Å². The number of fused-ring (bicyclic) bond motifs is 1. The minimum Gasteiger partial charge on any atom is -0.206 e. The molecule has 2 fully saturated rings. The minimum atomic E-state index is -1.11. The highest BCUT2D eigenvalue weighted by Crippen LogP contribution is 2.48. The van der Waals surface area contributed by atoms with Crippen LogP contribution < -0.4 is 0 Å². The van der Waals surface area contributed by atoms with Crippen molar-refractivity contribution in [3.63, 3.8) is 0 Å². The van der Waals surface area contributed by atoms with E-state index in [9.17, 15) is 17.6 Å². The molecule has 0 N–H and O–H groups in total. The first-order valence-electron chi connectivity index (χ1n) is 10.4. The second-order valence-corrected chi connectivity index (χ2v) is 8.61. The van der Waals surface area contributed by atoms with Crippen LogP contribution in [-0.4, -0.2) is 0 Å². The van der Waals surface area contributed by atoms with Crippen molar-refractivity contribution in [3.8, 4) is 11.1 Å². The summed E-state index contributed by atoms with van der Waals surface area (Å²) in [5.74, 6) is -1.15. The molecule has 0 saturated heterocycles. The van der Waals surface area contributed by atoms with Crippen LogP contribution in [-0.2, 0) is 0 Å². The van der Waals surface area contributed by atoms with Gasteiger partial charge in [0, 0.05) is 0 Å². The van der Waals surface area contributed by atoms with Crippen molar-refractivity contribution in [2.45, 2.75) is 57.8 Å². The maximum Gasteiger partial charge on any atom is 0.159 e. The molecule has 0 radical (unpaired) electrons. The monoisotopic (exact) mass is 390 g/mol. The maximum atomic E-state index is 14.8. The molecular formula is C24H26F4. The Labute approximate surface area is 164 Å². The summed E-state index contributed by atoms with van der Waals surface area (Å²) in [6.07, 6.45) is 8.10. The van der Waals surface area contributed by atoms with E-state index < -0.39 is 23.3 Å². The van der Waals surface area contributed by atoms with Crippen LogP contribution in [0.15, 0.2) is 30.3 Å². The first kappa shape index (κ1) is 19.5. The van der Waals surface area contributed by atoms with Gasteiger partial charge in [0.05, 0.1) is 5.56 Å². The summed E-state index contributed by atoms with van der Waals surface area (Å²) in [5, 5.41) is 0. The number of halogens is 4. The van der Waals surface area contributed by atoms with Crippen LogP contribution in [0, 0.1) is 41.0 Å². The summed E-state index contributed by atoms with van der Waals surface area (Å²) in [7, 11) is 0. The van der Waals surface area contributed by atoms with Crippen LogP contribution in [0.1, 0.15) is 63.4 Å². The highest BCUT2D eigenvalue weighted by molar-refractivity contribution is 5.65. The third-order valence-electron chi connectivity index (χ3n) is 7.04. The Kier molecular flexibility index (Phi) is 5.48. The van der Waals surface area contributed by atoms with Gasteiger partial charge in [-0.3, -0.25) is 0 Å². The standard InChI is InChI=1S/C24H26F4/c1-2-14-3-4-16-10-17(6-5-15(16)9-14)19-12-22(27)24(23(28)13-19)18-7-8-20(25)21(26)11-18/h7-8,11-17H,2-6,9-10H2,1H3. The Morgan fingerprint density at radius 1 is 0.750 bits per heavy atom. The van der Waals surface area contributed by atoms with Crippen LogP contribution in [0.25, 0.3) is 11.1 Å². The SMILES string of the molecule is CCC1CCC2CC(c3cc(F)c(-c4ccc(F)c(F)c4)c(F)c3)CCC2C1. The third-order valence-corrected chi connectivity index (χ3v) is 7.04. The number of hydrogen-bond acceptors (Lipinski definition) is 0. The van der Waals surface area contributed by atoms with E-state index in [0.717, 1.165) is 43.2 Å². The molecule has 4 atom stereocenters. The fourth-order valence-corrected chi connectivity index (χ4v) is 5.42. The summed E-state index contributed by atoms with van der Waals surface area (Å²) < 4.78 is 56.1. The van der Waals surface area contributed by atoms with E-state index in [-0.39, 0.29) is 17.0 Å². The Bertz CT molecular complexity index is 837. The minimum absolute atomic E-state index is 0.0158. The predicted octanol–water partition coefficient (Wildman–Crippen LogP) is 7.62. The van der Waals surface area contributed by atoms with Gasteiger partial charge in [-0.15, -0.1) is 0 Å². The lowest BCUT2D eigenvalue weighted by atomic mass is 9.63. The molecule has 0 bridgehead atoms. The van der Waals surface area contributed by atoms with Crippen molar-refractivity contribution in [1.29, 1.82) is 0 Å². The van der Waals surface area contributed by atoms with E-state index in [4.69, 9.17) is 0 Å². The number of benzene rings is 2. The Morgan fingerprint density at radius 3 is 2.11 bits per heavy atom. The highest BCUT2D eigenvalue weighted by Gasteiger charge is 2.36. The van der Waals surface area contributed by atoms with Gasteiger partial charge >= 0.3 is 0 Å². The van der Waals surface area contributed by atoms with Gasteiger partial charge in [0.2, 0.25) is 0 Å². The maximum absolute atomic E-state index is 14.8. The zero-order valence-corrected chi connectivity index (χ0v) is 16.2. The second kappa shape index (κ2) is 7.88. The van der Waals surface area contributed by atoms with Crippen molar-refractivity contribution in [2.24, 2.45) is 17.8 Å². The van der Waals surface area contributed by atoms with E-state index in [1.807, 2.05) is 0 Å². The van der Waals surface area contributed by atoms with E-state index in [0.29, 0.717) is 11.5 Å². The average Bonchev–Trinajstić information content (AvgIpc) is 2.69. The van der Waals surface area contributed by atoms with Gasteiger partial charge < -0.3 is 0 Å². The van der Waals surface area contributed by atoms with Crippen LogP contribution in [0.5, 0.6) is 0 Å². The molecule has 2 aromatic carbocycles. The van der Waals surface area contributed by atoms with Gasteiger partial charge in [-0.05, 0) is 91.2 Å². The summed E-state index contributed by atoms with van der Waals surface area (Å²) >= 11 is 0. The molecule has 0 aliphatic heterocycles. The van der Waals surface area contributed by atoms with E-state index in [2.05, 4.69) is 6.92 Å². The van der Waals surface area contributed by atoms with Crippen LogP contribution in [0.3, 0.4) is 0 Å². The van der Waals surface area contributed by atoms with Crippen LogP contribution in [0.4, 0.5) is 17.6 Å². The van der Waals surface area contributed by atoms with Gasteiger partial charge in [0.1, 0.15) is 11.6 Å². The van der Waals surface area contributed by atoms with Gasteiger partial charge in [-0.25, -0.2) is 17.6 Å². The topological polar surface area (TPSA) is 0 Å². The van der Waals surface area contributed by atoms with Crippen molar-refractivity contribution in [2.75, 3.05) is 0 Å². The van der Waals surface area contributed by atoms with Gasteiger partial charge in [0.25, 0.3) is 0 Å². The van der Waals surface area contributed by atoms with E-state index in [1.165, 1.54) is 43.9 Å². The lowest BCUT2D eigenvalue weighted by Gasteiger charge is -2.42. The Balaban J connectivity index is 1.56. The molecule has 4 heteroatoms. The van der Waals surface area contributed by atoms with Crippen LogP contribution in [0.2, 0.25) is 0 Å². The zero-order chi connectivity index (χ0) is 19.8. The zero-order valence-electron chi connectivity index (χ0n) is 16.2. The van der Waals surface area contributed by atoms with E-state index in [1.54, 1.807) is 0 Å². The summed E-state index contributed by atoms with van der Waals surface area (Å²) in [6.45, 7) is 2.26. The molecule has 28 heavy (non-hydrogen) atoms.